The molecule has 0 heterocycles. The van der Waals surface area contributed by atoms with E-state index in [0.29, 0.717) is 19.3 Å². The van der Waals surface area contributed by atoms with Crippen molar-refractivity contribution in [2.24, 2.45) is 0 Å². The van der Waals surface area contributed by atoms with Crippen LogP contribution in [0.4, 0.5) is 0 Å². The van der Waals surface area contributed by atoms with Crippen molar-refractivity contribution in [2.45, 2.75) is 354 Å². The van der Waals surface area contributed by atoms with Crippen LogP contribution in [-0.4, -0.2) is 37.2 Å². The number of allylic oxidation sites excluding steroid dienone is 12. The van der Waals surface area contributed by atoms with Crippen molar-refractivity contribution in [3.05, 3.63) is 72.9 Å². The summed E-state index contributed by atoms with van der Waals surface area (Å²) in [5.74, 6) is -0.981. The Hall–Kier alpha value is -3.15. The van der Waals surface area contributed by atoms with E-state index >= 15 is 0 Å². The predicted octanol–water partition coefficient (Wildman–Crippen LogP) is 23.3. The standard InChI is InChI=1S/C72H128O6/c1-4-7-10-13-16-18-20-22-24-26-28-29-30-31-32-33-34-35-36-37-38-39-40-41-42-44-45-47-49-51-53-56-59-62-65-71(74)77-68-69(67-76-70(73)64-61-58-55-15-12-9-6-3)78-72(75)66-63-60-57-54-52-50-48-46-43-27-25-23-21-19-17-14-11-8-5-2/h8,11,17,19,23,25,43,46,50,52,57,60,69H,4-7,9-10,12-16,18,20-22,24,26-42,44-45,47-49,51,53-56,58-59,61-68H2,1-3H3/b11-8-,19-17-,25-23-,46-43-,52-50-,60-57-. The van der Waals surface area contributed by atoms with E-state index in [2.05, 4.69) is 87.6 Å². The van der Waals surface area contributed by atoms with Crippen LogP contribution in [0.5, 0.6) is 0 Å². The van der Waals surface area contributed by atoms with Crippen LogP contribution in [0.25, 0.3) is 0 Å². The largest absolute Gasteiger partial charge is 0.462 e. The van der Waals surface area contributed by atoms with E-state index in [9.17, 15) is 14.4 Å². The number of esters is 3. The van der Waals surface area contributed by atoms with E-state index in [0.717, 1.165) is 77.0 Å². The van der Waals surface area contributed by atoms with E-state index in [1.165, 1.54) is 225 Å². The van der Waals surface area contributed by atoms with Gasteiger partial charge in [-0.1, -0.05) is 344 Å². The molecule has 0 aromatic carbocycles. The van der Waals surface area contributed by atoms with Gasteiger partial charge in [-0.3, -0.25) is 14.4 Å². The fourth-order valence-electron chi connectivity index (χ4n) is 9.94. The van der Waals surface area contributed by atoms with Gasteiger partial charge in [-0.2, -0.15) is 0 Å². The van der Waals surface area contributed by atoms with Crippen LogP contribution < -0.4 is 0 Å². The van der Waals surface area contributed by atoms with Gasteiger partial charge < -0.3 is 14.2 Å². The molecule has 1 atom stereocenters. The molecule has 6 nitrogen and oxygen atoms in total. The van der Waals surface area contributed by atoms with Gasteiger partial charge in [0.1, 0.15) is 13.2 Å². The summed E-state index contributed by atoms with van der Waals surface area (Å²) in [6.07, 6.45) is 87.1. The first-order valence-corrected chi connectivity index (χ1v) is 33.9. The highest BCUT2D eigenvalue weighted by Gasteiger charge is 2.19. The summed E-state index contributed by atoms with van der Waals surface area (Å²) >= 11 is 0. The first kappa shape index (κ1) is 74.8. The van der Waals surface area contributed by atoms with Gasteiger partial charge in [0.25, 0.3) is 0 Å². The smallest absolute Gasteiger partial charge is 0.306 e. The summed E-state index contributed by atoms with van der Waals surface area (Å²) in [4.78, 5) is 38.0. The molecule has 0 amide bonds. The SMILES string of the molecule is CC/C=C\C/C=C\C/C=C\C/C=C\C/C=C\C/C=C\CCC(=O)OC(COC(=O)CCCCCCCCC)COC(=O)CCCCCCCCCCCCCCCCCCCCCCCCCCCCCCCCCCCC. The van der Waals surface area contributed by atoms with Crippen LogP contribution in [0.3, 0.4) is 0 Å². The van der Waals surface area contributed by atoms with Crippen molar-refractivity contribution in [1.29, 1.82) is 0 Å². The summed E-state index contributed by atoms with van der Waals surface area (Å²) in [7, 11) is 0. The minimum Gasteiger partial charge on any atom is -0.462 e. The topological polar surface area (TPSA) is 78.9 Å². The van der Waals surface area contributed by atoms with Crippen molar-refractivity contribution in [2.75, 3.05) is 13.2 Å². The molecule has 0 aliphatic carbocycles. The lowest BCUT2D eigenvalue weighted by atomic mass is 10.0. The van der Waals surface area contributed by atoms with Crippen LogP contribution in [0.15, 0.2) is 72.9 Å². The van der Waals surface area contributed by atoms with Gasteiger partial charge in [0, 0.05) is 19.3 Å². The second kappa shape index (κ2) is 66.4. The zero-order chi connectivity index (χ0) is 56.4. The monoisotopic (exact) mass is 1090 g/mol. The third-order valence-corrected chi connectivity index (χ3v) is 15.0. The molecule has 0 radical (unpaired) electrons. The molecular formula is C72H128O6. The number of hydrogen-bond donors (Lipinski definition) is 0. The molecule has 0 N–H and O–H groups in total. The van der Waals surface area contributed by atoms with Gasteiger partial charge in [0.15, 0.2) is 6.10 Å². The van der Waals surface area contributed by atoms with E-state index in [1.807, 2.05) is 6.08 Å². The Bertz CT molecular complexity index is 1440. The van der Waals surface area contributed by atoms with Gasteiger partial charge in [-0.15, -0.1) is 0 Å². The molecule has 452 valence electrons. The minimum atomic E-state index is -0.812. The van der Waals surface area contributed by atoms with Gasteiger partial charge in [0.05, 0.1) is 0 Å². The molecule has 0 saturated heterocycles. The molecule has 0 rings (SSSR count). The fourth-order valence-corrected chi connectivity index (χ4v) is 9.94. The Kier molecular flexibility index (Phi) is 63.7. The maximum absolute atomic E-state index is 12.8. The van der Waals surface area contributed by atoms with Crippen molar-refractivity contribution < 1.29 is 28.6 Å². The molecule has 1 unspecified atom stereocenters. The van der Waals surface area contributed by atoms with Crippen molar-refractivity contribution in [1.82, 2.24) is 0 Å². The van der Waals surface area contributed by atoms with Gasteiger partial charge in [0.2, 0.25) is 0 Å². The molecule has 0 bridgehead atoms. The Morgan fingerprint density at radius 1 is 0.269 bits per heavy atom. The van der Waals surface area contributed by atoms with Gasteiger partial charge in [-0.05, 0) is 57.8 Å². The molecular weight excluding hydrogens is 961 g/mol. The summed E-state index contributed by atoms with van der Waals surface area (Å²) in [6, 6.07) is 0. The Morgan fingerprint density at radius 2 is 0.500 bits per heavy atom. The number of carbonyl (C=O) groups is 3. The van der Waals surface area contributed by atoms with E-state index in [4.69, 9.17) is 14.2 Å². The quantitative estimate of drug-likeness (QED) is 0.0261. The normalized spacial score (nSPS) is 12.5. The summed E-state index contributed by atoms with van der Waals surface area (Å²) in [5.41, 5.74) is 0. The van der Waals surface area contributed by atoms with Crippen LogP contribution in [0, 0.1) is 0 Å². The van der Waals surface area contributed by atoms with E-state index < -0.39 is 6.10 Å². The van der Waals surface area contributed by atoms with Gasteiger partial charge >= 0.3 is 17.9 Å². The van der Waals surface area contributed by atoms with Crippen LogP contribution in [-0.2, 0) is 28.6 Å². The van der Waals surface area contributed by atoms with Crippen LogP contribution >= 0.6 is 0 Å². The maximum Gasteiger partial charge on any atom is 0.306 e. The number of rotatable bonds is 62. The number of unbranched alkanes of at least 4 members (excludes halogenated alkanes) is 39. The Morgan fingerprint density at radius 3 is 0.756 bits per heavy atom. The molecule has 0 fully saturated rings. The third kappa shape index (κ3) is 63.7. The van der Waals surface area contributed by atoms with Gasteiger partial charge in [-0.25, -0.2) is 0 Å². The lowest BCUT2D eigenvalue weighted by Gasteiger charge is -2.18. The third-order valence-electron chi connectivity index (χ3n) is 15.0. The molecule has 0 aliphatic heterocycles. The molecule has 6 heteroatoms. The van der Waals surface area contributed by atoms with Crippen molar-refractivity contribution >= 4 is 17.9 Å². The summed E-state index contributed by atoms with van der Waals surface area (Å²) in [5, 5.41) is 0. The summed E-state index contributed by atoms with van der Waals surface area (Å²) in [6.45, 7) is 6.46. The zero-order valence-corrected chi connectivity index (χ0v) is 51.9. The highest BCUT2D eigenvalue weighted by Crippen LogP contribution is 2.18. The van der Waals surface area contributed by atoms with Crippen molar-refractivity contribution in [3.63, 3.8) is 0 Å². The van der Waals surface area contributed by atoms with E-state index in [-0.39, 0.29) is 37.5 Å². The summed E-state index contributed by atoms with van der Waals surface area (Å²) < 4.78 is 16.8. The number of hydrogen-bond acceptors (Lipinski definition) is 6. The molecule has 0 aromatic heterocycles. The number of carbonyl (C=O) groups excluding carboxylic acids is 3. The van der Waals surface area contributed by atoms with Crippen LogP contribution in [0.2, 0.25) is 0 Å². The molecule has 0 aliphatic rings. The second-order valence-corrected chi connectivity index (χ2v) is 22.7. The highest BCUT2D eigenvalue weighted by molar-refractivity contribution is 5.71. The zero-order valence-electron chi connectivity index (χ0n) is 51.9. The fraction of sp³-hybridized carbons (Fsp3) is 0.792. The average molecular weight is 1090 g/mol. The number of ether oxygens (including phenoxy) is 3. The van der Waals surface area contributed by atoms with E-state index in [1.54, 1.807) is 0 Å². The second-order valence-electron chi connectivity index (χ2n) is 22.7. The van der Waals surface area contributed by atoms with Crippen molar-refractivity contribution in [3.8, 4) is 0 Å². The lowest BCUT2D eigenvalue weighted by Crippen LogP contribution is -2.30. The lowest BCUT2D eigenvalue weighted by molar-refractivity contribution is -0.166. The minimum absolute atomic E-state index is 0.102. The first-order valence-electron chi connectivity index (χ1n) is 33.9. The average Bonchev–Trinajstić information content (AvgIpc) is 3.44. The Balaban J connectivity index is 4.02. The predicted molar refractivity (Wildman–Crippen MR) is 339 cm³/mol. The highest BCUT2D eigenvalue weighted by atomic mass is 16.6. The molecule has 0 aromatic rings. The molecule has 78 heavy (non-hydrogen) atoms. The molecule has 0 saturated carbocycles. The Labute approximate surface area is 484 Å². The maximum atomic E-state index is 12.8. The molecule has 0 spiro atoms. The first-order chi connectivity index (χ1) is 38.5. The van der Waals surface area contributed by atoms with Crippen LogP contribution in [0.1, 0.15) is 348 Å².